The van der Waals surface area contributed by atoms with E-state index in [9.17, 15) is 14.4 Å². The molecule has 228 valence electrons. The number of likely N-dealkylation sites (N-methyl/N-ethyl adjacent to an activating group) is 2. The molecule has 1 aromatic carbocycles. The number of imidazole rings is 1. The number of nitrogens with zero attached hydrogens (tertiary/aromatic N) is 6. The first-order valence-electron chi connectivity index (χ1n) is 13.3. The molecule has 14 nitrogen and oxygen atoms in total. The molecule has 0 aliphatic heterocycles. The maximum absolute atomic E-state index is 13.4. The Morgan fingerprint density at radius 3 is 2.38 bits per heavy atom. The van der Waals surface area contributed by atoms with Crippen LogP contribution in [0.25, 0.3) is 11.0 Å². The molecule has 0 aliphatic carbocycles. The highest BCUT2D eigenvalue weighted by atomic mass is 35.5. The minimum Gasteiger partial charge on any atom is -0.497 e. The molecular formula is C27H39ClN9O5+. The molecule has 42 heavy (non-hydrogen) atoms. The van der Waals surface area contributed by atoms with Gasteiger partial charge in [0.15, 0.2) is 40.1 Å². The fourth-order valence-corrected chi connectivity index (χ4v) is 4.31. The van der Waals surface area contributed by atoms with Crippen molar-refractivity contribution in [3.05, 3.63) is 34.9 Å². The van der Waals surface area contributed by atoms with Crippen molar-refractivity contribution in [2.24, 2.45) is 0 Å². The van der Waals surface area contributed by atoms with Crippen LogP contribution in [-0.2, 0) is 29.2 Å². The molecule has 2 aromatic heterocycles. The molecule has 0 fully saturated rings. The number of benzene rings is 1. The van der Waals surface area contributed by atoms with Crippen LogP contribution in [0.3, 0.4) is 0 Å². The molecule has 0 spiro atoms. The van der Waals surface area contributed by atoms with Crippen molar-refractivity contribution in [3.8, 4) is 5.75 Å². The first-order chi connectivity index (χ1) is 19.7. The molecule has 2 heterocycles. The maximum Gasteiger partial charge on any atom is 0.410 e. The van der Waals surface area contributed by atoms with Crippen LogP contribution in [0.2, 0.25) is 5.15 Å². The summed E-state index contributed by atoms with van der Waals surface area (Å²) in [5, 5.41) is 2.67. The number of nitrogens with two attached hydrogens (primary N) is 2. The van der Waals surface area contributed by atoms with Gasteiger partial charge in [0, 0.05) is 33.3 Å². The van der Waals surface area contributed by atoms with Crippen LogP contribution in [0.1, 0.15) is 44.0 Å². The summed E-state index contributed by atoms with van der Waals surface area (Å²) in [5.41, 5.74) is 12.3. The fraction of sp³-hybridized carbons (Fsp3) is 0.481. The number of hydrogen-bond donors (Lipinski definition) is 3. The number of nitrogen functional groups attached to an aromatic ring is 2. The third-order valence-corrected chi connectivity index (χ3v) is 6.70. The van der Waals surface area contributed by atoms with E-state index in [4.69, 9.17) is 32.5 Å². The van der Waals surface area contributed by atoms with Crippen molar-refractivity contribution in [1.29, 1.82) is 0 Å². The second kappa shape index (κ2) is 13.1. The summed E-state index contributed by atoms with van der Waals surface area (Å²) in [5.74, 6) is 0.254. The Hall–Kier alpha value is -4.33. The van der Waals surface area contributed by atoms with Gasteiger partial charge in [0.05, 0.1) is 13.7 Å². The molecule has 0 saturated heterocycles. The molecular weight excluding hydrogens is 566 g/mol. The zero-order chi connectivity index (χ0) is 31.4. The Labute approximate surface area is 249 Å². The Balaban J connectivity index is 1.87. The number of rotatable bonds is 10. The van der Waals surface area contributed by atoms with E-state index < -0.39 is 17.6 Å². The van der Waals surface area contributed by atoms with E-state index in [0.717, 1.165) is 11.0 Å². The normalized spacial score (nSPS) is 11.3. The van der Waals surface area contributed by atoms with Crippen molar-refractivity contribution in [1.82, 2.24) is 29.7 Å². The van der Waals surface area contributed by atoms with Crippen LogP contribution in [0.15, 0.2) is 18.2 Å². The summed E-state index contributed by atoms with van der Waals surface area (Å²) < 4.78 is 14.6. The average molecular weight is 605 g/mol. The highest BCUT2D eigenvalue weighted by Gasteiger charge is 2.29. The van der Waals surface area contributed by atoms with Crippen molar-refractivity contribution in [2.45, 2.75) is 52.9 Å². The smallest absolute Gasteiger partial charge is 0.410 e. The number of nitrogens with one attached hydrogen (secondary N) is 1. The largest absolute Gasteiger partial charge is 0.497 e. The van der Waals surface area contributed by atoms with Gasteiger partial charge < -0.3 is 36.1 Å². The number of anilines is 2. The van der Waals surface area contributed by atoms with Gasteiger partial charge in [-0.15, -0.1) is 0 Å². The molecule has 0 saturated carbocycles. The predicted molar refractivity (Wildman–Crippen MR) is 158 cm³/mol. The minimum atomic E-state index is -0.621. The average Bonchev–Trinajstić information content (AvgIpc) is 3.22. The zero-order valence-electron chi connectivity index (χ0n) is 25.0. The monoisotopic (exact) mass is 604 g/mol. The van der Waals surface area contributed by atoms with Gasteiger partial charge >= 0.3 is 6.09 Å². The van der Waals surface area contributed by atoms with E-state index in [1.165, 1.54) is 4.90 Å². The quantitative estimate of drug-likeness (QED) is 0.291. The summed E-state index contributed by atoms with van der Waals surface area (Å²) in [4.78, 5) is 49.5. The van der Waals surface area contributed by atoms with Crippen molar-refractivity contribution in [3.63, 3.8) is 0 Å². The molecule has 0 unspecified atom stereocenters. The molecule has 3 rings (SSSR count). The van der Waals surface area contributed by atoms with Crippen LogP contribution in [0, 0.1) is 0 Å². The van der Waals surface area contributed by atoms with Crippen LogP contribution in [0.5, 0.6) is 5.75 Å². The van der Waals surface area contributed by atoms with Gasteiger partial charge in [0.1, 0.15) is 17.9 Å². The first kappa shape index (κ1) is 32.2. The summed E-state index contributed by atoms with van der Waals surface area (Å²) in [6, 6.07) is 5.53. The summed E-state index contributed by atoms with van der Waals surface area (Å²) in [7, 11) is 4.86. The highest BCUT2D eigenvalue weighted by molar-refractivity contribution is 6.31. The number of aromatic nitrogens is 4. The minimum absolute atomic E-state index is 0.0245. The summed E-state index contributed by atoms with van der Waals surface area (Å²) in [6.07, 6.45) is -0.469. The van der Waals surface area contributed by atoms with Crippen LogP contribution in [0.4, 0.5) is 16.4 Å². The van der Waals surface area contributed by atoms with Gasteiger partial charge in [-0.05, 0) is 39.8 Å². The van der Waals surface area contributed by atoms with Crippen molar-refractivity contribution < 1.29 is 28.4 Å². The summed E-state index contributed by atoms with van der Waals surface area (Å²) in [6.45, 7) is 8.46. The fourth-order valence-electron chi connectivity index (χ4n) is 4.18. The SMILES string of the molecule is CCn1c(CNC(=O)c2nc(Cl)c(N)nc2N)[n+](CC(=O)N(C)CCN(C)C(=O)OC(C)(C)C)c2ccc(OC)cc21. The molecule has 15 heteroatoms. The standard InChI is InChI=1S/C27H38ClN9O5/c1-8-36-18-13-16(41-7)9-10-17(18)37(15-20(38)34(5)11-12-35(6)26(40)42-27(2,3)4)19(36)14-31-25(39)21-23(29)33-24(30)22(28)32-21/h9-10,13H,8,11-12,14-15H2,1-7H3,(H4-,29,30,31,33,39)/p+1. The number of hydrogen-bond acceptors (Lipinski definition) is 9. The lowest BCUT2D eigenvalue weighted by Crippen LogP contribution is -2.48. The van der Waals surface area contributed by atoms with Crippen molar-refractivity contribution >= 4 is 52.2 Å². The first-order valence-corrected chi connectivity index (χ1v) is 13.7. The molecule has 0 bridgehead atoms. The number of amides is 3. The van der Waals surface area contributed by atoms with Crippen LogP contribution < -0.4 is 26.1 Å². The molecule has 0 atom stereocenters. The second-order valence-corrected chi connectivity index (χ2v) is 11.0. The number of ether oxygens (including phenoxy) is 2. The predicted octanol–water partition coefficient (Wildman–Crippen LogP) is 1.82. The molecule has 0 aliphatic rings. The third-order valence-electron chi connectivity index (χ3n) is 6.43. The van der Waals surface area contributed by atoms with Crippen molar-refractivity contribution in [2.75, 3.05) is 45.8 Å². The lowest BCUT2D eigenvalue weighted by molar-refractivity contribution is -0.668. The van der Waals surface area contributed by atoms with E-state index in [2.05, 4.69) is 15.3 Å². The van der Waals surface area contributed by atoms with Crippen LogP contribution >= 0.6 is 11.6 Å². The Morgan fingerprint density at radius 1 is 1.10 bits per heavy atom. The summed E-state index contributed by atoms with van der Waals surface area (Å²) >= 11 is 5.95. The maximum atomic E-state index is 13.4. The third kappa shape index (κ3) is 7.49. The lowest BCUT2D eigenvalue weighted by atomic mass is 10.2. The van der Waals surface area contributed by atoms with Gasteiger partial charge in [0.2, 0.25) is 0 Å². The number of halogens is 1. The lowest BCUT2D eigenvalue weighted by Gasteiger charge is -2.26. The van der Waals surface area contributed by atoms with E-state index in [-0.39, 0.29) is 54.6 Å². The van der Waals surface area contributed by atoms with Gasteiger partial charge in [-0.1, -0.05) is 11.6 Å². The number of aryl methyl sites for hydroxylation is 1. The number of fused-ring (bicyclic) bond motifs is 1. The van der Waals surface area contributed by atoms with E-state index in [1.807, 2.05) is 28.2 Å². The highest BCUT2D eigenvalue weighted by Crippen LogP contribution is 2.22. The molecule has 0 radical (unpaired) electrons. The van der Waals surface area contributed by atoms with E-state index >= 15 is 0 Å². The van der Waals surface area contributed by atoms with E-state index in [0.29, 0.717) is 18.1 Å². The molecule has 3 amide bonds. The number of carbonyl (C=O) groups excluding carboxylic acids is 3. The number of carbonyl (C=O) groups is 3. The Morgan fingerprint density at radius 2 is 1.76 bits per heavy atom. The van der Waals surface area contributed by atoms with Crippen LogP contribution in [-0.4, -0.2) is 82.1 Å². The van der Waals surface area contributed by atoms with Gasteiger partial charge in [-0.2, -0.15) is 0 Å². The van der Waals surface area contributed by atoms with Gasteiger partial charge in [-0.3, -0.25) is 9.59 Å². The van der Waals surface area contributed by atoms with Gasteiger partial charge in [-0.25, -0.2) is 23.9 Å². The zero-order valence-corrected chi connectivity index (χ0v) is 25.8. The van der Waals surface area contributed by atoms with Gasteiger partial charge in [0.25, 0.3) is 17.6 Å². The topological polar surface area (TPSA) is 175 Å². The molecule has 5 N–H and O–H groups in total. The van der Waals surface area contributed by atoms with E-state index in [1.54, 1.807) is 52.9 Å². The number of methoxy groups -OCH3 is 1. The Bertz CT molecular complexity index is 1490. The second-order valence-electron chi connectivity index (χ2n) is 10.6. The molecule has 3 aromatic rings. The Kier molecular flexibility index (Phi) is 10.0.